The van der Waals surface area contributed by atoms with Gasteiger partial charge < -0.3 is 10.4 Å². The van der Waals surface area contributed by atoms with Crippen molar-refractivity contribution in [3.8, 4) is 0 Å². The number of hydrogen-bond acceptors (Lipinski definition) is 3. The molecule has 0 spiro atoms. The number of carboxylic acid groups (broad SMARTS) is 1. The van der Waals surface area contributed by atoms with Gasteiger partial charge >= 0.3 is 5.97 Å². The molecule has 0 unspecified atom stereocenters. The first-order valence-electron chi connectivity index (χ1n) is 6.72. The summed E-state index contributed by atoms with van der Waals surface area (Å²) >= 11 is 3.26. The highest BCUT2D eigenvalue weighted by atomic mass is 79.9. The maximum absolute atomic E-state index is 13.2. The summed E-state index contributed by atoms with van der Waals surface area (Å²) in [6.45, 7) is 3.00. The second-order valence-electron chi connectivity index (χ2n) is 5.50. The van der Waals surface area contributed by atoms with Gasteiger partial charge in [-0.2, -0.15) is 5.10 Å². The Balaban J connectivity index is 2.08. The zero-order chi connectivity index (χ0) is 17.2. The molecular weight excluding hydrogens is 369 g/mol. The molecule has 0 aliphatic rings. The molecule has 23 heavy (non-hydrogen) atoms. The van der Waals surface area contributed by atoms with Gasteiger partial charge in [-0.25, -0.2) is 9.18 Å². The molecule has 8 heteroatoms. The maximum atomic E-state index is 13.2. The van der Waals surface area contributed by atoms with Gasteiger partial charge in [-0.05, 0) is 37.6 Å². The fourth-order valence-electron chi connectivity index (χ4n) is 1.85. The van der Waals surface area contributed by atoms with E-state index in [1.807, 2.05) is 0 Å². The first-order valence-corrected chi connectivity index (χ1v) is 7.52. The first-order chi connectivity index (χ1) is 10.7. The van der Waals surface area contributed by atoms with Crippen LogP contribution in [0, 0.1) is 5.82 Å². The van der Waals surface area contributed by atoms with Crippen LogP contribution in [0.2, 0.25) is 0 Å². The Hall–Kier alpha value is -2.22. The van der Waals surface area contributed by atoms with Crippen molar-refractivity contribution in [1.82, 2.24) is 9.78 Å². The van der Waals surface area contributed by atoms with Gasteiger partial charge in [0.15, 0.2) is 5.54 Å². The second kappa shape index (κ2) is 6.49. The van der Waals surface area contributed by atoms with Crippen LogP contribution in [0.4, 0.5) is 10.1 Å². The van der Waals surface area contributed by atoms with Crippen molar-refractivity contribution in [2.45, 2.75) is 25.8 Å². The molecule has 1 amide bonds. The van der Waals surface area contributed by atoms with Crippen LogP contribution >= 0.6 is 15.9 Å². The van der Waals surface area contributed by atoms with Gasteiger partial charge in [0.2, 0.25) is 5.91 Å². The smallest absolute Gasteiger partial charge is 0.331 e. The molecule has 0 aliphatic heterocycles. The minimum absolute atomic E-state index is 0.0220. The van der Waals surface area contributed by atoms with Gasteiger partial charge in [-0.15, -0.1) is 0 Å². The van der Waals surface area contributed by atoms with Crippen molar-refractivity contribution >= 4 is 33.5 Å². The van der Waals surface area contributed by atoms with Gasteiger partial charge in [0.25, 0.3) is 0 Å². The van der Waals surface area contributed by atoms with E-state index in [4.69, 9.17) is 5.11 Å². The van der Waals surface area contributed by atoms with Crippen molar-refractivity contribution < 1.29 is 19.1 Å². The predicted molar refractivity (Wildman–Crippen MR) is 85.6 cm³/mol. The van der Waals surface area contributed by atoms with Gasteiger partial charge in [-0.1, -0.05) is 15.9 Å². The first kappa shape index (κ1) is 17.1. The van der Waals surface area contributed by atoms with Crippen molar-refractivity contribution in [2.24, 2.45) is 0 Å². The summed E-state index contributed by atoms with van der Waals surface area (Å²) in [6.07, 6.45) is 2.78. The molecule has 0 aliphatic carbocycles. The number of amides is 1. The second-order valence-corrected chi connectivity index (χ2v) is 6.35. The summed E-state index contributed by atoms with van der Waals surface area (Å²) in [5, 5.41) is 15.7. The highest BCUT2D eigenvalue weighted by molar-refractivity contribution is 9.10. The number of nitrogens with zero attached hydrogens (tertiary/aromatic N) is 2. The fraction of sp³-hybridized carbons (Fsp3) is 0.267. The van der Waals surface area contributed by atoms with Gasteiger partial charge in [0.05, 0.1) is 18.3 Å². The van der Waals surface area contributed by atoms with Crippen LogP contribution in [0.25, 0.3) is 0 Å². The highest BCUT2D eigenvalue weighted by Crippen LogP contribution is 2.20. The summed E-state index contributed by atoms with van der Waals surface area (Å²) in [7, 11) is 0. The van der Waals surface area contributed by atoms with E-state index in [0.717, 1.165) is 0 Å². The quantitative estimate of drug-likeness (QED) is 0.831. The number of carboxylic acids is 1. The molecule has 2 aromatic rings. The standard InChI is InChI=1S/C15H15BrFN3O3/c1-15(2,14(22)23)20-8-11(7-18-20)19-13(21)6-9-5-10(17)3-4-12(9)16/h3-5,7-8H,6H2,1-2H3,(H,19,21)(H,22,23). The minimum atomic E-state index is -1.23. The number of hydrogen-bond donors (Lipinski definition) is 2. The summed E-state index contributed by atoms with van der Waals surface area (Å²) < 4.78 is 15.1. The molecule has 0 radical (unpaired) electrons. The number of halogens is 2. The third kappa shape index (κ3) is 3.95. The Kier molecular flexibility index (Phi) is 4.84. The van der Waals surface area contributed by atoms with Crippen molar-refractivity contribution in [3.05, 3.63) is 46.4 Å². The van der Waals surface area contributed by atoms with E-state index in [2.05, 4.69) is 26.3 Å². The molecule has 1 aromatic carbocycles. The average Bonchev–Trinajstić information content (AvgIpc) is 2.91. The normalized spacial score (nSPS) is 11.3. The molecule has 2 rings (SSSR count). The number of aromatic nitrogens is 2. The predicted octanol–water partition coefficient (Wildman–Crippen LogP) is 2.79. The molecule has 122 valence electrons. The Bertz CT molecular complexity index is 758. The van der Waals surface area contributed by atoms with Crippen molar-refractivity contribution in [3.63, 3.8) is 0 Å². The summed E-state index contributed by atoms with van der Waals surface area (Å²) in [6, 6.07) is 4.11. The number of nitrogens with one attached hydrogen (secondary N) is 1. The maximum Gasteiger partial charge on any atom is 0.331 e. The number of anilines is 1. The Morgan fingerprint density at radius 1 is 1.43 bits per heavy atom. The highest BCUT2D eigenvalue weighted by Gasteiger charge is 2.30. The van der Waals surface area contributed by atoms with E-state index in [1.165, 1.54) is 49.1 Å². The lowest BCUT2D eigenvalue weighted by atomic mass is 10.1. The Morgan fingerprint density at radius 2 is 2.13 bits per heavy atom. The zero-order valence-electron chi connectivity index (χ0n) is 12.5. The van der Waals surface area contributed by atoms with Crippen LogP contribution in [0.5, 0.6) is 0 Å². The molecule has 0 saturated heterocycles. The van der Waals surface area contributed by atoms with Crippen LogP contribution in [0.15, 0.2) is 35.1 Å². The topological polar surface area (TPSA) is 84.2 Å². The molecule has 1 aromatic heterocycles. The lowest BCUT2D eigenvalue weighted by Crippen LogP contribution is -2.35. The zero-order valence-corrected chi connectivity index (χ0v) is 14.1. The molecule has 6 nitrogen and oxygen atoms in total. The van der Waals surface area contributed by atoms with Crippen LogP contribution in [-0.2, 0) is 21.5 Å². The molecular formula is C15H15BrFN3O3. The van der Waals surface area contributed by atoms with Crippen LogP contribution < -0.4 is 5.32 Å². The SMILES string of the molecule is CC(C)(C(=O)O)n1cc(NC(=O)Cc2cc(F)ccc2Br)cn1. The number of rotatable bonds is 5. The molecule has 2 N–H and O–H groups in total. The third-order valence-electron chi connectivity index (χ3n) is 3.32. The molecule has 1 heterocycles. The Morgan fingerprint density at radius 3 is 2.78 bits per heavy atom. The van der Waals surface area contributed by atoms with Crippen molar-refractivity contribution in [2.75, 3.05) is 5.32 Å². The van der Waals surface area contributed by atoms with Gasteiger partial charge in [0.1, 0.15) is 5.82 Å². The lowest BCUT2D eigenvalue weighted by Gasteiger charge is -2.19. The number of aliphatic carboxylic acids is 1. The summed E-state index contributed by atoms with van der Waals surface area (Å²) in [5.41, 5.74) is -0.341. The molecule has 0 fully saturated rings. The van der Waals surface area contributed by atoms with E-state index >= 15 is 0 Å². The van der Waals surface area contributed by atoms with Gasteiger partial charge in [0, 0.05) is 10.7 Å². The average molecular weight is 384 g/mol. The number of benzene rings is 1. The largest absolute Gasteiger partial charge is 0.479 e. The van der Waals surface area contributed by atoms with Crippen molar-refractivity contribution in [1.29, 1.82) is 0 Å². The Labute approximate surface area is 140 Å². The van der Waals surface area contributed by atoms with Crippen LogP contribution in [-0.4, -0.2) is 26.8 Å². The third-order valence-corrected chi connectivity index (χ3v) is 4.09. The number of carbonyl (C=O) groups excluding carboxylic acids is 1. The summed E-state index contributed by atoms with van der Waals surface area (Å²) in [5.74, 6) is -1.82. The monoisotopic (exact) mass is 383 g/mol. The van der Waals surface area contributed by atoms with Gasteiger partial charge in [-0.3, -0.25) is 9.48 Å². The van der Waals surface area contributed by atoms with Crippen LogP contribution in [0.1, 0.15) is 19.4 Å². The van der Waals surface area contributed by atoms with E-state index < -0.39 is 17.3 Å². The van der Waals surface area contributed by atoms with E-state index in [0.29, 0.717) is 15.7 Å². The molecule has 0 atom stereocenters. The van der Waals surface area contributed by atoms with E-state index in [-0.39, 0.29) is 12.3 Å². The molecule has 0 saturated carbocycles. The number of carbonyl (C=O) groups is 2. The van der Waals surface area contributed by atoms with Crippen LogP contribution in [0.3, 0.4) is 0 Å². The fourth-order valence-corrected chi connectivity index (χ4v) is 2.23. The van der Waals surface area contributed by atoms with E-state index in [1.54, 1.807) is 0 Å². The minimum Gasteiger partial charge on any atom is -0.479 e. The lowest BCUT2D eigenvalue weighted by molar-refractivity contribution is -0.146. The van der Waals surface area contributed by atoms with E-state index in [9.17, 15) is 14.0 Å². The molecule has 0 bridgehead atoms. The summed E-state index contributed by atoms with van der Waals surface area (Å²) in [4.78, 5) is 23.2.